The van der Waals surface area contributed by atoms with Gasteiger partial charge in [-0.1, -0.05) is 23.0 Å². The Hall–Kier alpha value is -4.30. The molecule has 3 N–H and O–H groups in total. The number of aliphatic carboxylic acids is 1. The fraction of sp³-hybridized carbons (Fsp3) is 0.333. The fourth-order valence-corrected chi connectivity index (χ4v) is 6.67. The van der Waals surface area contributed by atoms with Crippen molar-refractivity contribution in [3.8, 4) is 0 Å². The van der Waals surface area contributed by atoms with Crippen molar-refractivity contribution in [2.24, 2.45) is 5.16 Å². The molecule has 1 fully saturated rings. The van der Waals surface area contributed by atoms with Crippen molar-refractivity contribution < 1.29 is 38.7 Å². The number of oxime groups is 1. The molecule has 2 atom stereocenters. The number of ether oxygens (including phenoxy) is 1. The van der Waals surface area contributed by atoms with Crippen LogP contribution in [0.15, 0.2) is 39.6 Å². The van der Waals surface area contributed by atoms with E-state index in [2.05, 4.69) is 47.6 Å². The molecule has 0 aliphatic carbocycles. The van der Waals surface area contributed by atoms with Gasteiger partial charge in [-0.15, -0.1) is 34.8 Å². The van der Waals surface area contributed by atoms with Gasteiger partial charge >= 0.3 is 5.97 Å². The zero-order valence-corrected chi connectivity index (χ0v) is 23.3. The van der Waals surface area contributed by atoms with Crippen molar-refractivity contribution in [2.45, 2.75) is 23.1 Å². The van der Waals surface area contributed by atoms with Crippen LogP contribution in [0.4, 0.5) is 5.13 Å². The first-order valence-corrected chi connectivity index (χ1v) is 14.4. The minimum atomic E-state index is -1.28. The zero-order chi connectivity index (χ0) is 29.4. The quantitative estimate of drug-likeness (QED) is 0.0401. The molecular weight excluding hydrogens is 602 g/mol. The lowest BCUT2D eigenvalue weighted by Crippen LogP contribution is -2.71. The molecule has 2 aromatic heterocycles. The van der Waals surface area contributed by atoms with E-state index in [0.29, 0.717) is 23.7 Å². The Kier molecular flexibility index (Phi) is 10.0. The van der Waals surface area contributed by atoms with Crippen LogP contribution in [-0.2, 0) is 40.1 Å². The molecule has 216 valence electrons. The second-order valence-electron chi connectivity index (χ2n) is 7.88. The summed E-state index contributed by atoms with van der Waals surface area (Å²) in [5, 5.41) is 31.5. The van der Waals surface area contributed by atoms with Crippen LogP contribution >= 0.6 is 34.9 Å². The molecule has 17 nitrogen and oxygen atoms in total. The summed E-state index contributed by atoms with van der Waals surface area (Å²) in [7, 11) is 0. The van der Waals surface area contributed by atoms with E-state index >= 15 is 0 Å². The first kappa shape index (κ1) is 29.7. The average molecular weight is 624 g/mol. The van der Waals surface area contributed by atoms with Crippen LogP contribution in [0.25, 0.3) is 0 Å². The molecule has 2 aliphatic heterocycles. The Labute approximate surface area is 243 Å². The minimum absolute atomic E-state index is 0.0531. The van der Waals surface area contributed by atoms with Gasteiger partial charge < -0.3 is 25.3 Å². The number of fused-ring (bicyclic) bond motifs is 1. The normalized spacial score (nSPS) is 18.2. The van der Waals surface area contributed by atoms with Crippen molar-refractivity contribution in [3.63, 3.8) is 0 Å². The molecule has 1 unspecified atom stereocenters. The molecule has 4 rings (SSSR count). The van der Waals surface area contributed by atoms with Crippen molar-refractivity contribution >= 4 is 76.4 Å². The highest BCUT2D eigenvalue weighted by molar-refractivity contribution is 8.01. The predicted molar refractivity (Wildman–Crippen MR) is 145 cm³/mol. The van der Waals surface area contributed by atoms with Gasteiger partial charge in [-0.25, -0.2) is 14.5 Å². The summed E-state index contributed by atoms with van der Waals surface area (Å²) in [6.45, 7) is 3.96. The first-order valence-electron chi connectivity index (χ1n) is 11.5. The number of thiazole rings is 1. The van der Waals surface area contributed by atoms with E-state index in [0.717, 1.165) is 16.2 Å². The van der Waals surface area contributed by atoms with Gasteiger partial charge in [0.05, 0.1) is 6.54 Å². The highest BCUT2D eigenvalue weighted by Gasteiger charge is 2.54. The summed E-state index contributed by atoms with van der Waals surface area (Å²) in [4.78, 5) is 69.8. The van der Waals surface area contributed by atoms with Gasteiger partial charge in [-0.3, -0.25) is 24.1 Å². The van der Waals surface area contributed by atoms with Gasteiger partial charge in [-0.2, -0.15) is 0 Å². The van der Waals surface area contributed by atoms with E-state index in [1.807, 2.05) is 0 Å². The monoisotopic (exact) mass is 623 g/mol. The van der Waals surface area contributed by atoms with Crippen molar-refractivity contribution in [1.82, 2.24) is 35.4 Å². The average Bonchev–Trinajstić information content (AvgIpc) is 3.61. The van der Waals surface area contributed by atoms with Gasteiger partial charge in [0.2, 0.25) is 11.6 Å². The molecule has 1 saturated heterocycles. The lowest BCUT2D eigenvalue weighted by atomic mass is 10.0. The predicted octanol–water partition coefficient (Wildman–Crippen LogP) is -0.691. The number of tetrazole rings is 1. The van der Waals surface area contributed by atoms with Gasteiger partial charge in [0, 0.05) is 16.9 Å². The van der Waals surface area contributed by atoms with E-state index in [9.17, 15) is 29.1 Å². The summed E-state index contributed by atoms with van der Waals surface area (Å²) in [5.74, 6) is -2.21. The number of hydrogen-bond acceptors (Lipinski definition) is 15. The highest BCUT2D eigenvalue weighted by Crippen LogP contribution is 2.41. The largest absolute Gasteiger partial charge is 0.477 e. The smallest absolute Gasteiger partial charge is 0.352 e. The molecule has 2 aliphatic rings. The van der Waals surface area contributed by atoms with Crippen LogP contribution in [0, 0.1) is 0 Å². The number of carbonyl (C=O) groups is 5. The molecule has 2 aromatic rings. The number of aromatic nitrogens is 5. The number of carbonyl (C=O) groups excluding carboxylic acids is 4. The van der Waals surface area contributed by atoms with E-state index in [1.54, 1.807) is 6.08 Å². The Balaban J connectivity index is 1.48. The Bertz CT molecular complexity index is 1410. The van der Waals surface area contributed by atoms with Crippen LogP contribution in [0.3, 0.4) is 0 Å². The highest BCUT2D eigenvalue weighted by atomic mass is 32.2. The third kappa shape index (κ3) is 6.72. The second-order valence-corrected chi connectivity index (χ2v) is 10.8. The Morgan fingerprint density at radius 2 is 2.17 bits per heavy atom. The summed E-state index contributed by atoms with van der Waals surface area (Å²) in [5.41, 5.74) is 0.0934. The van der Waals surface area contributed by atoms with Gasteiger partial charge in [-0.05, 0) is 16.0 Å². The summed E-state index contributed by atoms with van der Waals surface area (Å²) in [6.07, 6.45) is 2.04. The molecule has 4 heterocycles. The number of nitrogens with one attached hydrogen (secondary N) is 2. The number of hydrogen-bond donors (Lipinski definition) is 3. The number of anilines is 1. The second kappa shape index (κ2) is 13.9. The van der Waals surface area contributed by atoms with E-state index < -0.39 is 29.2 Å². The lowest BCUT2D eigenvalue weighted by Gasteiger charge is -2.49. The third-order valence-corrected chi connectivity index (χ3v) is 8.53. The Morgan fingerprint density at radius 1 is 1.34 bits per heavy atom. The summed E-state index contributed by atoms with van der Waals surface area (Å²) >= 11 is 3.54. The van der Waals surface area contributed by atoms with Crippen LogP contribution in [0.1, 0.15) is 5.69 Å². The number of amides is 3. The minimum Gasteiger partial charge on any atom is -0.477 e. The zero-order valence-electron chi connectivity index (χ0n) is 20.9. The molecule has 0 bridgehead atoms. The number of allylic oxidation sites excluding steroid dienone is 1. The number of β-lactam (4-membered cyclic amide) rings is 1. The van der Waals surface area contributed by atoms with E-state index in [4.69, 9.17) is 4.84 Å². The van der Waals surface area contributed by atoms with Crippen LogP contribution < -0.4 is 10.6 Å². The fourth-order valence-electron chi connectivity index (χ4n) is 3.64. The molecule has 0 spiro atoms. The van der Waals surface area contributed by atoms with Crippen molar-refractivity contribution in [1.29, 1.82) is 0 Å². The maximum atomic E-state index is 13.2. The molecule has 0 saturated carbocycles. The van der Waals surface area contributed by atoms with Crippen molar-refractivity contribution in [3.05, 3.63) is 35.0 Å². The van der Waals surface area contributed by atoms with Crippen LogP contribution in [-0.4, -0.2) is 108 Å². The molecule has 0 aromatic carbocycles. The topological polar surface area (TPSA) is 220 Å². The van der Waals surface area contributed by atoms with Crippen molar-refractivity contribution in [2.75, 3.05) is 30.0 Å². The maximum Gasteiger partial charge on any atom is 0.352 e. The standard InChI is InChI=1S/C21H21N9O8S3/c1-2-3-29-21(25-27-28-29)41-7-11-6-39-18-14(17(34)30(18)15(11)19(35)36)24-16(33)13(26-38-5-4-37-10-32)12-8-40-20(23-12)22-9-31/h2,8-10,14,18H,1,3-7H2,(H,24,33)(H,35,36)(H,22,23,31)/b26-13+/t14?,18-/m1/s1. The lowest BCUT2D eigenvalue weighted by molar-refractivity contribution is -0.150. The number of rotatable bonds is 16. The number of carboxylic acids is 1. The molecule has 3 amide bonds. The van der Waals surface area contributed by atoms with Crippen LogP contribution in [0.2, 0.25) is 0 Å². The van der Waals surface area contributed by atoms with E-state index in [1.165, 1.54) is 33.6 Å². The summed E-state index contributed by atoms with van der Waals surface area (Å²) < 4.78 is 6.03. The third-order valence-electron chi connectivity index (χ3n) is 5.37. The molecular formula is C21H21N9O8S3. The Morgan fingerprint density at radius 3 is 2.90 bits per heavy atom. The maximum absolute atomic E-state index is 13.2. The SMILES string of the molecule is C=CCn1nnnc1SCC1=C(C(=O)O)N2C(=O)C(NC(=O)/C(=N/OCCOC=O)c3csc(NC=O)n3)[C@H]2SC1. The number of thioether (sulfide) groups is 2. The van der Waals surface area contributed by atoms with Gasteiger partial charge in [0.15, 0.2) is 17.5 Å². The summed E-state index contributed by atoms with van der Waals surface area (Å²) in [6, 6.07) is -1.05. The molecule has 41 heavy (non-hydrogen) atoms. The van der Waals surface area contributed by atoms with E-state index in [-0.39, 0.29) is 53.4 Å². The number of carboxylic acid groups (broad SMARTS) is 1. The first-order chi connectivity index (χ1) is 19.9. The number of nitrogens with zero attached hydrogens (tertiary/aromatic N) is 7. The van der Waals surface area contributed by atoms with Gasteiger partial charge in [0.25, 0.3) is 18.3 Å². The van der Waals surface area contributed by atoms with Crippen LogP contribution in [0.5, 0.6) is 0 Å². The molecule has 20 heteroatoms. The molecule has 0 radical (unpaired) electrons. The van der Waals surface area contributed by atoms with Gasteiger partial charge in [0.1, 0.15) is 29.4 Å².